The standard InChI is InChI=1S/C66H124N6O7/c1-45(51-17-19-53-61-55(43-59(65(51,53)5)78-37-13-29-71)63(3)23-21-49(74-33-9-25-67)39-47(63)41-57(61)76-35-11-27-69)15-7-31-73-32-8-16-46(2)52-18-20-54-62-56(44-60(66(52,54)6)79-38-14-30-72)64(4)24-22-50(75-34-10-26-68)40-48(64)42-58(62)77-36-12-28-70/h45-62H,7-44,67-72H2,1-6H3/t45-,46-,47+,48?,49-,50-,51-,52-,53?,54+,55?,56+,57-,58-,59+,60+,61+,62?,63+,64+,65-,66-/m1/s1. The van der Waals surface area contributed by atoms with E-state index < -0.39 is 0 Å². The van der Waals surface area contributed by atoms with E-state index in [-0.39, 0.29) is 46.1 Å². The van der Waals surface area contributed by atoms with Gasteiger partial charge in [-0.3, -0.25) is 0 Å². The van der Waals surface area contributed by atoms with Crippen molar-refractivity contribution in [3.05, 3.63) is 0 Å². The fourth-order valence-electron chi connectivity index (χ4n) is 20.7. The van der Waals surface area contributed by atoms with E-state index in [4.69, 9.17) is 67.6 Å². The van der Waals surface area contributed by atoms with Gasteiger partial charge in [-0.15, -0.1) is 0 Å². The summed E-state index contributed by atoms with van der Waals surface area (Å²) in [5, 5.41) is 0. The maximum absolute atomic E-state index is 7.16. The number of ether oxygens (including phenoxy) is 7. The van der Waals surface area contributed by atoms with E-state index in [1.165, 1.54) is 51.4 Å². The molecule has 8 aliphatic rings. The quantitative estimate of drug-likeness (QED) is 0.0331. The van der Waals surface area contributed by atoms with Crippen LogP contribution in [-0.4, -0.2) is 129 Å². The van der Waals surface area contributed by atoms with E-state index in [0.29, 0.717) is 122 Å². The molecule has 12 N–H and O–H groups in total. The van der Waals surface area contributed by atoms with Gasteiger partial charge in [0.25, 0.3) is 0 Å². The van der Waals surface area contributed by atoms with E-state index in [2.05, 4.69) is 41.5 Å². The van der Waals surface area contributed by atoms with E-state index in [1.54, 1.807) is 0 Å². The minimum atomic E-state index is 0.103. The van der Waals surface area contributed by atoms with Crippen LogP contribution in [0.15, 0.2) is 0 Å². The van der Waals surface area contributed by atoms with E-state index in [9.17, 15) is 0 Å². The van der Waals surface area contributed by atoms with Gasteiger partial charge >= 0.3 is 0 Å². The summed E-state index contributed by atoms with van der Waals surface area (Å²) in [6.07, 6.45) is 28.5. The third-order valence-corrected chi connectivity index (χ3v) is 24.9. The molecule has 0 bridgehead atoms. The molecule has 13 heteroatoms. The molecule has 8 rings (SSSR count). The first-order chi connectivity index (χ1) is 38.3. The van der Waals surface area contributed by atoms with E-state index >= 15 is 0 Å². The molecule has 4 unspecified atom stereocenters. The number of hydrogen-bond donors (Lipinski definition) is 6. The summed E-state index contributed by atoms with van der Waals surface area (Å²) in [5.74, 6) is 7.07. The molecule has 460 valence electrons. The lowest BCUT2D eigenvalue weighted by atomic mass is 9.43. The number of rotatable bonds is 34. The van der Waals surface area contributed by atoms with Gasteiger partial charge in [0.05, 0.1) is 36.6 Å². The van der Waals surface area contributed by atoms with Crippen molar-refractivity contribution in [3.63, 3.8) is 0 Å². The largest absolute Gasteiger partial charge is 0.381 e. The number of nitrogens with two attached hydrogens (primary N) is 6. The molecule has 0 aromatic rings. The Bertz CT molecular complexity index is 1650. The molecule has 0 aromatic carbocycles. The average Bonchev–Trinajstić information content (AvgIpc) is 3.58. The van der Waals surface area contributed by atoms with Crippen molar-refractivity contribution in [2.45, 2.75) is 232 Å². The maximum atomic E-state index is 7.16. The number of hydrogen-bond acceptors (Lipinski definition) is 13. The van der Waals surface area contributed by atoms with Gasteiger partial charge in [0, 0.05) is 63.7 Å². The van der Waals surface area contributed by atoms with Crippen molar-refractivity contribution in [1.82, 2.24) is 0 Å². The lowest BCUT2D eigenvalue weighted by Crippen LogP contribution is -2.63. The van der Waals surface area contributed by atoms with Gasteiger partial charge in [-0.25, -0.2) is 0 Å². The Hall–Kier alpha value is -0.520. The molecule has 0 aromatic heterocycles. The smallest absolute Gasteiger partial charge is 0.0637 e. The second kappa shape index (κ2) is 30.2. The van der Waals surface area contributed by atoms with Gasteiger partial charge in [-0.2, -0.15) is 0 Å². The van der Waals surface area contributed by atoms with Crippen LogP contribution >= 0.6 is 0 Å². The Balaban J connectivity index is 0.874. The molecule has 0 radical (unpaired) electrons. The van der Waals surface area contributed by atoms with Crippen LogP contribution in [0, 0.1) is 92.7 Å². The Morgan fingerprint density at radius 2 is 0.734 bits per heavy atom. The Morgan fingerprint density at radius 3 is 1.10 bits per heavy atom. The van der Waals surface area contributed by atoms with Gasteiger partial charge in [-0.1, -0.05) is 41.5 Å². The zero-order chi connectivity index (χ0) is 56.2. The monoisotopic (exact) mass is 1110 g/mol. The van der Waals surface area contributed by atoms with Crippen LogP contribution in [0.25, 0.3) is 0 Å². The van der Waals surface area contributed by atoms with E-state index in [0.717, 1.165) is 156 Å². The van der Waals surface area contributed by atoms with Crippen LogP contribution < -0.4 is 34.4 Å². The maximum Gasteiger partial charge on any atom is 0.0637 e. The fraction of sp³-hybridized carbons (Fsp3) is 1.00. The summed E-state index contributed by atoms with van der Waals surface area (Å²) in [7, 11) is 0. The molecule has 8 aliphatic carbocycles. The van der Waals surface area contributed by atoms with Crippen molar-refractivity contribution in [2.24, 2.45) is 127 Å². The third kappa shape index (κ3) is 14.0. The van der Waals surface area contributed by atoms with Gasteiger partial charge in [0.2, 0.25) is 0 Å². The van der Waals surface area contributed by atoms with Crippen LogP contribution in [0.4, 0.5) is 0 Å². The molecular weight excluding hydrogens is 989 g/mol. The van der Waals surface area contributed by atoms with Crippen LogP contribution in [0.3, 0.4) is 0 Å². The molecule has 8 fully saturated rings. The molecular formula is C66H124N6O7. The highest BCUT2D eigenvalue weighted by Gasteiger charge is 2.68. The summed E-state index contributed by atoms with van der Waals surface area (Å²) < 4.78 is 48.0. The van der Waals surface area contributed by atoms with Crippen molar-refractivity contribution < 1.29 is 33.2 Å². The molecule has 8 saturated carbocycles. The second-order valence-electron chi connectivity index (χ2n) is 28.8. The fourth-order valence-corrected chi connectivity index (χ4v) is 20.7. The summed E-state index contributed by atoms with van der Waals surface area (Å²) in [6, 6.07) is 0. The molecule has 0 heterocycles. The van der Waals surface area contributed by atoms with Crippen LogP contribution in [-0.2, 0) is 33.2 Å². The molecule has 0 saturated heterocycles. The highest BCUT2D eigenvalue weighted by molar-refractivity contribution is 5.17. The van der Waals surface area contributed by atoms with Gasteiger partial charge in [-0.05, 0) is 275 Å². The predicted molar refractivity (Wildman–Crippen MR) is 320 cm³/mol. The molecule has 0 aliphatic heterocycles. The predicted octanol–water partition coefficient (Wildman–Crippen LogP) is 10.00. The average molecular weight is 1110 g/mol. The third-order valence-electron chi connectivity index (χ3n) is 24.9. The summed E-state index contributed by atoms with van der Waals surface area (Å²) in [4.78, 5) is 0. The lowest BCUT2D eigenvalue weighted by Gasteiger charge is -2.65. The second-order valence-corrected chi connectivity index (χ2v) is 28.8. The SMILES string of the molecule is C[C@H](CCCOCCC[C@@H](C)[C@H]1CC[C@H]2C3[C@H](OCCCN)CC4C[C@H](OCCCN)CC[C@]4(C)[C@H]3C[C@H](OCCCN)[C@]12C)[C@H]1CCC2[C@H]3C(C[C@H](OCCCN)[C@@]21C)[C@@]1(C)CC[C@@H](OCCCN)C[C@H]1C[C@H]3OCCCN. The lowest BCUT2D eigenvalue weighted by molar-refractivity contribution is -0.227. The van der Waals surface area contributed by atoms with Gasteiger partial charge in [0.1, 0.15) is 0 Å². The number of fused-ring (bicyclic) bond motifs is 10. The van der Waals surface area contributed by atoms with Crippen LogP contribution in [0.1, 0.15) is 196 Å². The molecule has 13 nitrogen and oxygen atoms in total. The highest BCUT2D eigenvalue weighted by atomic mass is 16.5. The van der Waals surface area contributed by atoms with Crippen molar-refractivity contribution in [1.29, 1.82) is 0 Å². The summed E-state index contributed by atoms with van der Waals surface area (Å²) in [5.41, 5.74) is 36.9. The molecule has 0 amide bonds. The zero-order valence-corrected chi connectivity index (χ0v) is 51.6. The summed E-state index contributed by atoms with van der Waals surface area (Å²) in [6.45, 7) is 26.1. The Morgan fingerprint density at radius 1 is 0.380 bits per heavy atom. The minimum Gasteiger partial charge on any atom is -0.381 e. The zero-order valence-electron chi connectivity index (χ0n) is 51.6. The van der Waals surface area contributed by atoms with Crippen LogP contribution in [0.2, 0.25) is 0 Å². The molecule has 22 atom stereocenters. The first-order valence-electron chi connectivity index (χ1n) is 33.8. The first-order valence-corrected chi connectivity index (χ1v) is 33.8. The molecule has 79 heavy (non-hydrogen) atoms. The van der Waals surface area contributed by atoms with Crippen LogP contribution in [0.5, 0.6) is 0 Å². The van der Waals surface area contributed by atoms with E-state index in [1.807, 2.05) is 0 Å². The molecule has 0 spiro atoms. The topological polar surface area (TPSA) is 221 Å². The van der Waals surface area contributed by atoms with Crippen molar-refractivity contribution >= 4 is 0 Å². The summed E-state index contributed by atoms with van der Waals surface area (Å²) >= 11 is 0. The van der Waals surface area contributed by atoms with Gasteiger partial charge < -0.3 is 67.6 Å². The Labute approximate surface area is 482 Å². The van der Waals surface area contributed by atoms with Gasteiger partial charge in [0.15, 0.2) is 0 Å². The minimum absolute atomic E-state index is 0.103. The van der Waals surface area contributed by atoms with Crippen molar-refractivity contribution in [2.75, 3.05) is 92.1 Å². The first kappa shape index (κ1) is 64.5. The van der Waals surface area contributed by atoms with Crippen molar-refractivity contribution in [3.8, 4) is 0 Å². The normalized spacial score (nSPS) is 42.4. The Kier molecular flexibility index (Phi) is 24.7. The highest BCUT2D eigenvalue weighted by Crippen LogP contribution is 2.71.